The third kappa shape index (κ3) is 6.64. The van der Waals surface area contributed by atoms with Gasteiger partial charge in [0.05, 0.1) is 12.5 Å². The van der Waals surface area contributed by atoms with Crippen LogP contribution in [0.2, 0.25) is 0 Å². The average Bonchev–Trinajstić information content (AvgIpc) is 3.11. The Labute approximate surface area is 215 Å². The highest BCUT2D eigenvalue weighted by atomic mass is 19.4. The summed E-state index contributed by atoms with van der Waals surface area (Å²) in [6, 6.07) is 8.17. The Morgan fingerprint density at radius 3 is 2.30 bits per heavy atom. The first kappa shape index (κ1) is 27.9. The van der Waals surface area contributed by atoms with E-state index < -0.39 is 36.6 Å². The lowest BCUT2D eigenvalue weighted by molar-refractivity contribution is -0.184. The van der Waals surface area contributed by atoms with Gasteiger partial charge in [-0.2, -0.15) is 13.2 Å². The van der Waals surface area contributed by atoms with Gasteiger partial charge in [0.1, 0.15) is 0 Å². The number of halogens is 3. The van der Waals surface area contributed by atoms with Gasteiger partial charge < -0.3 is 20.8 Å². The van der Waals surface area contributed by atoms with Gasteiger partial charge >= 0.3 is 6.18 Å². The molecule has 3 fully saturated rings. The minimum absolute atomic E-state index is 0.0477. The van der Waals surface area contributed by atoms with Crippen molar-refractivity contribution in [2.45, 2.75) is 81.6 Å². The number of carbonyl (C=O) groups is 2. The van der Waals surface area contributed by atoms with E-state index in [9.17, 15) is 33.0 Å². The fourth-order valence-corrected chi connectivity index (χ4v) is 6.66. The Bertz CT molecular complexity index is 937. The molecular weight excluding hydrogens is 487 g/mol. The summed E-state index contributed by atoms with van der Waals surface area (Å²) in [6.45, 7) is 0.596. The van der Waals surface area contributed by atoms with Crippen molar-refractivity contribution in [1.82, 2.24) is 9.80 Å². The predicted molar refractivity (Wildman–Crippen MR) is 132 cm³/mol. The predicted octanol–water partition coefficient (Wildman–Crippen LogP) is 3.05. The molecule has 2 saturated heterocycles. The van der Waals surface area contributed by atoms with Crippen LogP contribution in [0.4, 0.5) is 13.2 Å². The third-order valence-corrected chi connectivity index (χ3v) is 8.71. The van der Waals surface area contributed by atoms with E-state index in [-0.39, 0.29) is 18.8 Å². The number of fused-ring (bicyclic) bond motifs is 2. The number of primary amides is 1. The minimum Gasteiger partial charge on any atom is -0.393 e. The molecule has 37 heavy (non-hydrogen) atoms. The highest BCUT2D eigenvalue weighted by Gasteiger charge is 2.43. The van der Waals surface area contributed by atoms with E-state index in [0.29, 0.717) is 56.0 Å². The summed E-state index contributed by atoms with van der Waals surface area (Å²) in [6.07, 6.45) is -0.821. The summed E-state index contributed by atoms with van der Waals surface area (Å²) in [4.78, 5) is 28.4. The quantitative estimate of drug-likeness (QED) is 0.460. The van der Waals surface area contributed by atoms with Crippen LogP contribution in [0.25, 0.3) is 0 Å². The first-order chi connectivity index (χ1) is 17.6. The molecule has 1 saturated carbocycles. The van der Waals surface area contributed by atoms with Crippen molar-refractivity contribution in [2.24, 2.45) is 17.6 Å². The molecule has 2 bridgehead atoms. The highest BCUT2D eigenvalue weighted by Crippen LogP contribution is 2.43. The molecule has 0 spiro atoms. The smallest absolute Gasteiger partial charge is 0.391 e. The monoisotopic (exact) mass is 525 g/mol. The van der Waals surface area contributed by atoms with Crippen molar-refractivity contribution in [2.75, 3.05) is 26.2 Å². The molecule has 7 nitrogen and oxygen atoms in total. The highest BCUT2D eigenvalue weighted by molar-refractivity contribution is 5.92. The van der Waals surface area contributed by atoms with Crippen LogP contribution in [0.1, 0.15) is 73.2 Å². The van der Waals surface area contributed by atoms with Crippen molar-refractivity contribution in [1.29, 1.82) is 0 Å². The van der Waals surface area contributed by atoms with Crippen LogP contribution in [-0.2, 0) is 4.79 Å². The number of benzene rings is 1. The maximum absolute atomic E-state index is 13.1. The molecule has 4 rings (SSSR count). The van der Waals surface area contributed by atoms with Crippen molar-refractivity contribution < 1.29 is 33.0 Å². The molecule has 3 aliphatic rings. The fourth-order valence-electron chi connectivity index (χ4n) is 6.66. The van der Waals surface area contributed by atoms with E-state index in [0.717, 1.165) is 31.2 Å². The second-order valence-corrected chi connectivity index (χ2v) is 11.0. The maximum Gasteiger partial charge on any atom is 0.391 e. The van der Waals surface area contributed by atoms with Gasteiger partial charge in [-0.25, -0.2) is 0 Å². The lowest BCUT2D eigenvalue weighted by Crippen LogP contribution is -2.50. The van der Waals surface area contributed by atoms with Crippen molar-refractivity contribution in [3.8, 4) is 0 Å². The van der Waals surface area contributed by atoms with Gasteiger partial charge in [-0.15, -0.1) is 0 Å². The standard InChI is InChI=1S/C27H38F3N3O4/c28-27(29,30)21-6-4-17(5-7-21)15-32(26(37)24(35)16-34)10-11-33-22-8-9-23(33)14-20(13-22)18-2-1-3-19(12-18)25(31)36/h1-3,12,17,20-24,34-35H,4-11,13-16H2,(H2,31,36)/t17?,20?,21?,22-,23+,24-/m0/s1. The molecule has 0 aromatic heterocycles. The number of aliphatic hydroxyl groups is 2. The van der Waals surface area contributed by atoms with Crippen LogP contribution in [0.15, 0.2) is 24.3 Å². The Morgan fingerprint density at radius 2 is 1.73 bits per heavy atom. The molecule has 1 unspecified atom stereocenters. The molecule has 2 heterocycles. The molecule has 1 aliphatic carbocycles. The lowest BCUT2D eigenvalue weighted by Gasteiger charge is -2.41. The van der Waals surface area contributed by atoms with E-state index in [2.05, 4.69) is 4.90 Å². The van der Waals surface area contributed by atoms with Crippen LogP contribution in [-0.4, -0.2) is 82.4 Å². The molecular formula is C27H38F3N3O4. The molecule has 10 heteroatoms. The number of rotatable bonds is 9. The van der Waals surface area contributed by atoms with Gasteiger partial charge in [0.25, 0.3) is 5.91 Å². The summed E-state index contributed by atoms with van der Waals surface area (Å²) in [5, 5.41) is 19.3. The number of carbonyl (C=O) groups excluding carboxylic acids is 2. The van der Waals surface area contributed by atoms with Gasteiger partial charge in [0, 0.05) is 37.3 Å². The van der Waals surface area contributed by atoms with Crippen molar-refractivity contribution >= 4 is 11.8 Å². The molecule has 4 atom stereocenters. The van der Waals surface area contributed by atoms with Gasteiger partial charge in [-0.05, 0) is 80.9 Å². The summed E-state index contributed by atoms with van der Waals surface area (Å²) < 4.78 is 39.2. The van der Waals surface area contributed by atoms with Crippen molar-refractivity contribution in [3.05, 3.63) is 35.4 Å². The first-order valence-electron chi connectivity index (χ1n) is 13.4. The van der Waals surface area contributed by atoms with Gasteiger partial charge in [0.2, 0.25) is 5.91 Å². The van der Waals surface area contributed by atoms with Gasteiger partial charge in [0.15, 0.2) is 6.10 Å². The van der Waals surface area contributed by atoms with Crippen LogP contribution in [0.5, 0.6) is 0 Å². The Hall–Kier alpha value is -2.17. The van der Waals surface area contributed by atoms with Crippen molar-refractivity contribution in [3.63, 3.8) is 0 Å². The zero-order valence-corrected chi connectivity index (χ0v) is 21.1. The molecule has 4 N–H and O–H groups in total. The molecule has 1 aromatic carbocycles. The summed E-state index contributed by atoms with van der Waals surface area (Å²) in [5.74, 6) is -2.01. The topological polar surface area (TPSA) is 107 Å². The number of amides is 2. The van der Waals surface area contributed by atoms with E-state index in [4.69, 9.17) is 5.73 Å². The number of nitrogens with two attached hydrogens (primary N) is 1. The van der Waals surface area contributed by atoms with E-state index in [1.54, 1.807) is 11.0 Å². The normalized spacial score (nSPS) is 29.2. The largest absolute Gasteiger partial charge is 0.393 e. The second-order valence-electron chi connectivity index (χ2n) is 11.0. The number of alkyl halides is 3. The van der Waals surface area contributed by atoms with Crippen LogP contribution < -0.4 is 5.73 Å². The fraction of sp³-hybridized carbons (Fsp3) is 0.704. The Balaban J connectivity index is 1.36. The van der Waals surface area contributed by atoms with Crippen LogP contribution in [0.3, 0.4) is 0 Å². The molecule has 1 aromatic rings. The van der Waals surface area contributed by atoms with Crippen LogP contribution >= 0.6 is 0 Å². The molecule has 2 aliphatic heterocycles. The number of hydrogen-bond donors (Lipinski definition) is 3. The Kier molecular flexibility index (Phi) is 8.81. The second kappa shape index (κ2) is 11.7. The minimum atomic E-state index is -4.18. The zero-order chi connectivity index (χ0) is 26.7. The summed E-state index contributed by atoms with van der Waals surface area (Å²) >= 11 is 0. The van der Waals surface area contributed by atoms with Gasteiger partial charge in [-0.3, -0.25) is 14.5 Å². The van der Waals surface area contributed by atoms with Gasteiger partial charge in [-0.1, -0.05) is 12.1 Å². The Morgan fingerprint density at radius 1 is 1.08 bits per heavy atom. The van der Waals surface area contributed by atoms with E-state index >= 15 is 0 Å². The number of aliphatic hydroxyl groups excluding tert-OH is 2. The lowest BCUT2D eigenvalue weighted by atomic mass is 9.81. The first-order valence-corrected chi connectivity index (χ1v) is 13.4. The number of hydrogen-bond acceptors (Lipinski definition) is 5. The van der Waals surface area contributed by atoms with E-state index in [1.807, 2.05) is 18.2 Å². The summed E-state index contributed by atoms with van der Waals surface area (Å²) in [5.41, 5.74) is 7.08. The van der Waals surface area contributed by atoms with Crippen LogP contribution in [0, 0.1) is 11.8 Å². The summed E-state index contributed by atoms with van der Waals surface area (Å²) in [7, 11) is 0. The number of piperidine rings is 1. The third-order valence-electron chi connectivity index (χ3n) is 8.71. The van der Waals surface area contributed by atoms with E-state index in [1.165, 1.54) is 0 Å². The molecule has 2 amide bonds. The average molecular weight is 526 g/mol. The zero-order valence-electron chi connectivity index (χ0n) is 21.1. The molecule has 0 radical (unpaired) electrons. The SMILES string of the molecule is NC(=O)c1cccc(C2C[C@H]3CC[C@@H](C2)N3CCN(CC2CCC(C(F)(F)F)CC2)C(=O)[C@@H](O)CO)c1. The molecule has 206 valence electrons. The number of nitrogens with zero attached hydrogens (tertiary/aromatic N) is 2. The maximum atomic E-state index is 13.1.